The molecule has 1 aromatic carbocycles. The highest BCUT2D eigenvalue weighted by atomic mass is 79.9. The molecule has 0 saturated carbocycles. The lowest BCUT2D eigenvalue weighted by molar-refractivity contribution is 0.176. The number of hydrogen-bond acceptors (Lipinski definition) is 4. The molecule has 0 spiro atoms. The molecule has 0 atom stereocenters. The SMILES string of the molecule is COCc1nc(Cl)cc(OCc2cccc(Br)c2)n1. The Morgan fingerprint density at radius 1 is 1.21 bits per heavy atom. The van der Waals surface area contributed by atoms with E-state index in [0.717, 1.165) is 10.0 Å². The highest BCUT2D eigenvalue weighted by Gasteiger charge is 2.05. The topological polar surface area (TPSA) is 44.2 Å². The van der Waals surface area contributed by atoms with Gasteiger partial charge in [0, 0.05) is 17.6 Å². The van der Waals surface area contributed by atoms with Crippen molar-refractivity contribution in [1.29, 1.82) is 0 Å². The summed E-state index contributed by atoms with van der Waals surface area (Å²) < 4.78 is 11.6. The molecule has 19 heavy (non-hydrogen) atoms. The van der Waals surface area contributed by atoms with Gasteiger partial charge in [0.15, 0.2) is 5.82 Å². The molecular weight excluding hydrogens is 332 g/mol. The van der Waals surface area contributed by atoms with Gasteiger partial charge in [0.2, 0.25) is 5.88 Å². The molecule has 1 heterocycles. The van der Waals surface area contributed by atoms with E-state index >= 15 is 0 Å². The summed E-state index contributed by atoms with van der Waals surface area (Å²) in [5.74, 6) is 0.936. The zero-order valence-corrected chi connectivity index (χ0v) is 12.6. The van der Waals surface area contributed by atoms with Gasteiger partial charge in [-0.1, -0.05) is 39.7 Å². The van der Waals surface area contributed by atoms with Gasteiger partial charge in [0.25, 0.3) is 0 Å². The van der Waals surface area contributed by atoms with Gasteiger partial charge in [0.1, 0.15) is 18.4 Å². The summed E-state index contributed by atoms with van der Waals surface area (Å²) in [6.07, 6.45) is 0. The summed E-state index contributed by atoms with van der Waals surface area (Å²) >= 11 is 9.31. The minimum absolute atomic E-state index is 0.299. The van der Waals surface area contributed by atoms with Crippen LogP contribution in [0.5, 0.6) is 5.88 Å². The van der Waals surface area contributed by atoms with Crippen molar-refractivity contribution in [2.45, 2.75) is 13.2 Å². The Kier molecular flexibility index (Phi) is 5.13. The molecule has 2 aromatic rings. The maximum Gasteiger partial charge on any atom is 0.218 e. The van der Waals surface area contributed by atoms with Crippen molar-refractivity contribution < 1.29 is 9.47 Å². The number of methoxy groups -OCH3 is 1. The Morgan fingerprint density at radius 2 is 2.05 bits per heavy atom. The number of halogens is 2. The third-order valence-corrected chi connectivity index (χ3v) is 2.95. The summed E-state index contributed by atoms with van der Waals surface area (Å²) in [6.45, 7) is 0.715. The largest absolute Gasteiger partial charge is 0.473 e. The fourth-order valence-electron chi connectivity index (χ4n) is 1.49. The molecule has 0 aliphatic carbocycles. The van der Waals surface area contributed by atoms with Gasteiger partial charge in [-0.2, -0.15) is 4.98 Å². The summed E-state index contributed by atoms with van der Waals surface area (Å²) in [4.78, 5) is 8.24. The van der Waals surface area contributed by atoms with E-state index in [0.29, 0.717) is 30.1 Å². The van der Waals surface area contributed by atoms with Crippen LogP contribution in [0, 0.1) is 0 Å². The highest BCUT2D eigenvalue weighted by Crippen LogP contribution is 2.17. The van der Waals surface area contributed by atoms with Crippen LogP contribution in [0.4, 0.5) is 0 Å². The minimum Gasteiger partial charge on any atom is -0.473 e. The zero-order chi connectivity index (χ0) is 13.7. The molecule has 0 unspecified atom stereocenters. The number of aromatic nitrogens is 2. The van der Waals surface area contributed by atoms with Crippen LogP contribution in [0.25, 0.3) is 0 Å². The molecule has 0 fully saturated rings. The maximum absolute atomic E-state index is 5.90. The second kappa shape index (κ2) is 6.84. The molecule has 0 amide bonds. The first-order valence-corrected chi connectivity index (χ1v) is 6.74. The summed E-state index contributed by atoms with van der Waals surface area (Å²) in [6, 6.07) is 9.45. The first kappa shape index (κ1) is 14.2. The lowest BCUT2D eigenvalue weighted by Gasteiger charge is -2.07. The van der Waals surface area contributed by atoms with E-state index < -0.39 is 0 Å². The van der Waals surface area contributed by atoms with E-state index in [2.05, 4.69) is 25.9 Å². The van der Waals surface area contributed by atoms with E-state index in [1.54, 1.807) is 13.2 Å². The smallest absolute Gasteiger partial charge is 0.218 e. The van der Waals surface area contributed by atoms with Crippen LogP contribution in [0.15, 0.2) is 34.8 Å². The Morgan fingerprint density at radius 3 is 2.79 bits per heavy atom. The lowest BCUT2D eigenvalue weighted by Crippen LogP contribution is -2.02. The van der Waals surface area contributed by atoms with Crippen molar-refractivity contribution in [3.63, 3.8) is 0 Å². The maximum atomic E-state index is 5.90. The van der Waals surface area contributed by atoms with Crippen molar-refractivity contribution in [3.8, 4) is 5.88 Å². The number of hydrogen-bond donors (Lipinski definition) is 0. The van der Waals surface area contributed by atoms with Crippen molar-refractivity contribution in [1.82, 2.24) is 9.97 Å². The Balaban J connectivity index is 2.06. The van der Waals surface area contributed by atoms with Gasteiger partial charge in [0.05, 0.1) is 0 Å². The molecule has 0 bridgehead atoms. The van der Waals surface area contributed by atoms with Crippen molar-refractivity contribution in [2.75, 3.05) is 7.11 Å². The molecule has 0 N–H and O–H groups in total. The van der Waals surface area contributed by atoms with Crippen LogP contribution in [0.3, 0.4) is 0 Å². The lowest BCUT2D eigenvalue weighted by atomic mass is 10.2. The number of nitrogens with zero attached hydrogens (tertiary/aromatic N) is 2. The van der Waals surface area contributed by atoms with E-state index in [1.807, 2.05) is 24.3 Å². The van der Waals surface area contributed by atoms with Crippen LogP contribution < -0.4 is 4.74 Å². The molecule has 0 saturated heterocycles. The third kappa shape index (κ3) is 4.45. The number of benzene rings is 1. The van der Waals surface area contributed by atoms with Gasteiger partial charge >= 0.3 is 0 Å². The first-order valence-electron chi connectivity index (χ1n) is 5.57. The van der Waals surface area contributed by atoms with E-state index in [4.69, 9.17) is 21.1 Å². The molecule has 4 nitrogen and oxygen atoms in total. The fourth-order valence-corrected chi connectivity index (χ4v) is 2.13. The van der Waals surface area contributed by atoms with Gasteiger partial charge in [-0.25, -0.2) is 4.98 Å². The minimum atomic E-state index is 0.299. The van der Waals surface area contributed by atoms with Gasteiger partial charge in [-0.3, -0.25) is 0 Å². The second-order valence-electron chi connectivity index (χ2n) is 3.80. The average molecular weight is 344 g/mol. The van der Waals surface area contributed by atoms with Crippen LogP contribution in [-0.2, 0) is 18.0 Å². The molecule has 100 valence electrons. The molecule has 6 heteroatoms. The Labute approximate surface area is 124 Å². The fraction of sp³-hybridized carbons (Fsp3) is 0.231. The van der Waals surface area contributed by atoms with E-state index in [9.17, 15) is 0 Å². The van der Waals surface area contributed by atoms with Gasteiger partial charge < -0.3 is 9.47 Å². The zero-order valence-electron chi connectivity index (χ0n) is 10.3. The van der Waals surface area contributed by atoms with Gasteiger partial charge in [-0.15, -0.1) is 0 Å². The van der Waals surface area contributed by atoms with E-state index in [-0.39, 0.29) is 0 Å². The summed E-state index contributed by atoms with van der Waals surface area (Å²) in [7, 11) is 1.58. The molecule has 0 aliphatic rings. The second-order valence-corrected chi connectivity index (χ2v) is 5.10. The highest BCUT2D eigenvalue weighted by molar-refractivity contribution is 9.10. The predicted octanol–water partition coefficient (Wildman–Crippen LogP) is 3.62. The van der Waals surface area contributed by atoms with Crippen LogP contribution >= 0.6 is 27.5 Å². The van der Waals surface area contributed by atoms with Crippen LogP contribution in [-0.4, -0.2) is 17.1 Å². The van der Waals surface area contributed by atoms with E-state index in [1.165, 1.54) is 0 Å². The first-order chi connectivity index (χ1) is 9.17. The third-order valence-electron chi connectivity index (χ3n) is 2.27. The number of rotatable bonds is 5. The average Bonchev–Trinajstić information content (AvgIpc) is 2.36. The van der Waals surface area contributed by atoms with Crippen molar-refractivity contribution in [2.24, 2.45) is 0 Å². The van der Waals surface area contributed by atoms with Crippen molar-refractivity contribution in [3.05, 3.63) is 51.3 Å². The predicted molar refractivity (Wildman–Crippen MR) is 76.2 cm³/mol. The van der Waals surface area contributed by atoms with Crippen LogP contribution in [0.1, 0.15) is 11.4 Å². The van der Waals surface area contributed by atoms with Crippen molar-refractivity contribution >= 4 is 27.5 Å². The molecular formula is C13H12BrClN2O2. The standard InChI is InChI=1S/C13H12BrClN2O2/c1-18-8-12-16-11(15)6-13(17-12)19-7-9-3-2-4-10(14)5-9/h2-6H,7-8H2,1H3. The summed E-state index contributed by atoms with van der Waals surface area (Å²) in [5, 5.41) is 0.339. The Hall–Kier alpha value is -1.17. The quantitative estimate of drug-likeness (QED) is 0.778. The van der Waals surface area contributed by atoms with Crippen LogP contribution in [0.2, 0.25) is 5.15 Å². The summed E-state index contributed by atoms with van der Waals surface area (Å²) in [5.41, 5.74) is 1.04. The monoisotopic (exact) mass is 342 g/mol. The molecule has 1 aromatic heterocycles. The Bertz CT molecular complexity index is 566. The molecule has 2 rings (SSSR count). The molecule has 0 radical (unpaired) electrons. The number of ether oxygens (including phenoxy) is 2. The molecule has 0 aliphatic heterocycles. The van der Waals surface area contributed by atoms with Gasteiger partial charge in [-0.05, 0) is 17.7 Å². The normalized spacial score (nSPS) is 10.5.